The summed E-state index contributed by atoms with van der Waals surface area (Å²) in [7, 11) is 0. The number of hydrogen-bond donors (Lipinski definition) is 0. The van der Waals surface area contributed by atoms with Crippen molar-refractivity contribution in [2.24, 2.45) is 0 Å². The van der Waals surface area contributed by atoms with Crippen LogP contribution in [0.15, 0.2) is 48.5 Å². The first-order chi connectivity index (χ1) is 9.36. The third kappa shape index (κ3) is 5.12. The molecule has 104 valence electrons. The van der Waals surface area contributed by atoms with Crippen molar-refractivity contribution in [2.45, 2.75) is 0 Å². The van der Waals surface area contributed by atoms with Crippen molar-refractivity contribution < 1.29 is 27.8 Å². The van der Waals surface area contributed by atoms with E-state index in [4.69, 9.17) is 4.74 Å². The second-order valence-corrected chi connectivity index (χ2v) is 4.00. The molecule has 0 unspecified atom stereocenters. The standard InChI is InChI=1S/C12H8BF3NO3.K/c14-13(15,16)9-2-1-3-12(8-9)20-11-6-4-10(5-7-11)17(18)19;/h1-8H;. The Morgan fingerprint density at radius 3 is 2.10 bits per heavy atom. The zero-order valence-electron chi connectivity index (χ0n) is 11.0. The Morgan fingerprint density at radius 1 is 0.952 bits per heavy atom. The van der Waals surface area contributed by atoms with Crippen molar-refractivity contribution in [2.75, 3.05) is 0 Å². The predicted octanol–water partition coefficient (Wildman–Crippen LogP) is 2.91. The van der Waals surface area contributed by atoms with Gasteiger partial charge in [0, 0.05) is 63.5 Å². The molecule has 0 bridgehead atoms. The molecule has 0 aliphatic rings. The van der Waals surface area contributed by atoms with E-state index in [1.807, 2.05) is 0 Å². The molecule has 2 aromatic carbocycles. The van der Waals surface area contributed by atoms with Crippen molar-refractivity contribution in [3.63, 3.8) is 0 Å². The van der Waals surface area contributed by atoms with Crippen LogP contribution >= 0.6 is 0 Å². The number of ether oxygens (including phenoxy) is 1. The largest absolute Gasteiger partial charge is 0.509 e. The zero-order valence-corrected chi connectivity index (χ0v) is 14.1. The smallest absolute Gasteiger partial charge is 0.457 e. The SMILES string of the molecule is [K].[O][N+](=O)c1ccc(Oc2cccc([B-](F)(F)F)c2)cc1. The maximum atomic E-state index is 12.6. The van der Waals surface area contributed by atoms with E-state index in [2.05, 4.69) is 0 Å². The van der Waals surface area contributed by atoms with Crippen molar-refractivity contribution >= 4 is 69.5 Å². The van der Waals surface area contributed by atoms with Crippen LogP contribution in [-0.4, -0.2) is 63.3 Å². The minimum Gasteiger partial charge on any atom is -0.457 e. The predicted molar refractivity (Wildman–Crippen MR) is 71.4 cm³/mol. The van der Waals surface area contributed by atoms with Crippen LogP contribution < -0.4 is 10.2 Å². The van der Waals surface area contributed by atoms with Crippen LogP contribution in [0.3, 0.4) is 0 Å². The summed E-state index contributed by atoms with van der Waals surface area (Å²) >= 11 is 0. The summed E-state index contributed by atoms with van der Waals surface area (Å²) in [6.07, 6.45) is 0. The fourth-order valence-electron chi connectivity index (χ4n) is 1.55. The maximum absolute atomic E-state index is 12.6. The number of halogens is 3. The van der Waals surface area contributed by atoms with E-state index in [0.29, 0.717) is 0 Å². The summed E-state index contributed by atoms with van der Waals surface area (Å²) in [4.78, 5) is 9.89. The Bertz CT molecular complexity index is 634. The van der Waals surface area contributed by atoms with Crippen molar-refractivity contribution in [1.82, 2.24) is 0 Å². The van der Waals surface area contributed by atoms with Gasteiger partial charge in [0.2, 0.25) is 0 Å². The Morgan fingerprint density at radius 2 is 1.57 bits per heavy atom. The second kappa shape index (κ2) is 7.41. The molecule has 2 radical (unpaired) electrons. The van der Waals surface area contributed by atoms with Gasteiger partial charge in [-0.25, -0.2) is 0 Å². The number of rotatable bonds is 4. The van der Waals surface area contributed by atoms with Gasteiger partial charge in [0.1, 0.15) is 11.5 Å². The molecule has 0 saturated carbocycles. The molecule has 0 aliphatic heterocycles. The molecule has 0 aromatic heterocycles. The topological polar surface area (TPSA) is 49.2 Å². The summed E-state index contributed by atoms with van der Waals surface area (Å²) in [6.45, 7) is -5.09. The monoisotopic (exact) mass is 321 g/mol. The zero-order chi connectivity index (χ0) is 14.8. The molecule has 2 aromatic rings. The van der Waals surface area contributed by atoms with Gasteiger partial charge in [-0.2, -0.15) is 0 Å². The van der Waals surface area contributed by atoms with Gasteiger partial charge in [0.15, 0.2) is 0 Å². The molecular weight excluding hydrogens is 313 g/mol. The molecule has 0 N–H and O–H groups in total. The van der Waals surface area contributed by atoms with Gasteiger partial charge < -0.3 is 17.7 Å². The van der Waals surface area contributed by atoms with Gasteiger partial charge in [0.25, 0.3) is 0 Å². The van der Waals surface area contributed by atoms with Gasteiger partial charge in [-0.3, -0.25) is 0 Å². The van der Waals surface area contributed by atoms with E-state index < -0.39 is 17.4 Å². The third-order valence-corrected chi connectivity index (χ3v) is 2.52. The fourth-order valence-corrected chi connectivity index (χ4v) is 1.55. The van der Waals surface area contributed by atoms with Crippen molar-refractivity contribution in [3.8, 4) is 11.5 Å². The van der Waals surface area contributed by atoms with Gasteiger partial charge in [-0.05, 0) is 24.3 Å². The molecule has 0 saturated heterocycles. The average molecular weight is 321 g/mol. The molecule has 21 heavy (non-hydrogen) atoms. The third-order valence-electron chi connectivity index (χ3n) is 2.52. The summed E-state index contributed by atoms with van der Waals surface area (Å²) < 4.78 is 43.0. The van der Waals surface area contributed by atoms with E-state index >= 15 is 0 Å². The fraction of sp³-hybridized carbons (Fsp3) is 0. The van der Waals surface area contributed by atoms with E-state index in [9.17, 15) is 23.1 Å². The molecule has 0 aliphatic carbocycles. The van der Waals surface area contributed by atoms with Crippen LogP contribution in [0.2, 0.25) is 0 Å². The average Bonchev–Trinajstić information content (AvgIpc) is 2.38. The van der Waals surface area contributed by atoms with Gasteiger partial charge in [0.05, 0.1) is 10.1 Å². The first-order valence-corrected chi connectivity index (χ1v) is 5.58. The van der Waals surface area contributed by atoms with Gasteiger partial charge in [-0.15, -0.1) is 5.46 Å². The Labute approximate surface area is 160 Å². The molecular formula is C12H8BF3KNO3. The van der Waals surface area contributed by atoms with Crippen LogP contribution in [0, 0.1) is 4.91 Å². The van der Waals surface area contributed by atoms with E-state index in [0.717, 1.165) is 12.1 Å². The van der Waals surface area contributed by atoms with Crippen LogP contribution in [0.25, 0.3) is 0 Å². The number of nitrogens with zero attached hydrogens (tertiary/aromatic N) is 1. The van der Waals surface area contributed by atoms with E-state index in [1.54, 1.807) is 0 Å². The summed E-state index contributed by atoms with van der Waals surface area (Å²) in [6, 6.07) is 9.55. The van der Waals surface area contributed by atoms with Gasteiger partial charge in [-0.1, -0.05) is 12.1 Å². The number of hydrogen-bond acceptors (Lipinski definition) is 2. The summed E-state index contributed by atoms with van der Waals surface area (Å²) in [5, 5.41) is 10.5. The number of benzene rings is 2. The molecule has 0 heterocycles. The van der Waals surface area contributed by atoms with Crippen LogP contribution in [0.5, 0.6) is 11.5 Å². The molecule has 2 rings (SSSR count). The second-order valence-electron chi connectivity index (χ2n) is 4.00. The maximum Gasteiger partial charge on any atom is 0.509 e. The normalized spacial score (nSPS) is 10.6. The molecule has 9 heteroatoms. The summed E-state index contributed by atoms with van der Waals surface area (Å²) in [5.41, 5.74) is -0.880. The Kier molecular flexibility index (Phi) is 6.42. The van der Waals surface area contributed by atoms with E-state index in [1.165, 1.54) is 36.4 Å². The van der Waals surface area contributed by atoms with E-state index in [-0.39, 0.29) is 68.6 Å². The van der Waals surface area contributed by atoms with Crippen LogP contribution in [0.1, 0.15) is 0 Å². The molecule has 0 fully saturated rings. The van der Waals surface area contributed by atoms with Crippen molar-refractivity contribution in [3.05, 3.63) is 53.4 Å². The van der Waals surface area contributed by atoms with Crippen LogP contribution in [0.4, 0.5) is 18.6 Å². The van der Waals surface area contributed by atoms with Gasteiger partial charge >= 0.3 is 17.6 Å². The first-order valence-electron chi connectivity index (χ1n) is 5.58. The Hall–Kier alpha value is -0.869. The molecule has 4 nitrogen and oxygen atoms in total. The minimum absolute atomic E-state index is 0. The first kappa shape index (κ1) is 18.2. The Balaban J connectivity index is 0.00000220. The minimum atomic E-state index is -5.09. The quantitative estimate of drug-likeness (QED) is 0.642. The molecule has 0 amide bonds. The van der Waals surface area contributed by atoms with Crippen molar-refractivity contribution in [1.29, 1.82) is 0 Å². The summed E-state index contributed by atoms with van der Waals surface area (Å²) in [5.74, 6) is 0.248. The van der Waals surface area contributed by atoms with Crippen LogP contribution in [-0.2, 0) is 5.21 Å². The molecule has 0 spiro atoms. The molecule has 0 atom stereocenters.